The van der Waals surface area contributed by atoms with Gasteiger partial charge in [-0.05, 0) is 27.6 Å². The van der Waals surface area contributed by atoms with E-state index in [1.165, 1.54) is 18.6 Å². The van der Waals surface area contributed by atoms with Gasteiger partial charge < -0.3 is 0 Å². The van der Waals surface area contributed by atoms with E-state index >= 15 is 0 Å². The lowest BCUT2D eigenvalue weighted by molar-refractivity contribution is 0.899. The molecular formula is C4H9IS. The Morgan fingerprint density at radius 2 is 2.33 bits per heavy atom. The molecule has 0 aliphatic carbocycles. The summed E-state index contributed by atoms with van der Waals surface area (Å²) >= 11 is 2.33. The Morgan fingerprint density at radius 3 is 2.50 bits per heavy atom. The van der Waals surface area contributed by atoms with Gasteiger partial charge in [-0.1, -0.05) is 22.3 Å². The van der Waals surface area contributed by atoms with Crippen LogP contribution in [0.15, 0.2) is 0 Å². The highest BCUT2D eigenvalue weighted by molar-refractivity contribution is 14.2. The fourth-order valence-corrected chi connectivity index (χ4v) is 1.53. The molecule has 38 valence electrons. The normalized spacial score (nSPS) is 9.00. The lowest BCUT2D eigenvalue weighted by Crippen LogP contribution is -1.68. The van der Waals surface area contributed by atoms with Crippen molar-refractivity contribution in [2.75, 3.05) is 5.75 Å². The summed E-state index contributed by atoms with van der Waals surface area (Å²) in [5, 5.41) is 0. The Kier molecular flexibility index (Phi) is 7.17. The molecule has 0 aliphatic rings. The molecule has 0 unspecified atom stereocenters. The molecule has 6 heavy (non-hydrogen) atoms. The van der Waals surface area contributed by atoms with Crippen LogP contribution in [0.3, 0.4) is 0 Å². The van der Waals surface area contributed by atoms with Crippen molar-refractivity contribution in [3.05, 3.63) is 0 Å². The minimum absolute atomic E-state index is 1.32. The maximum Gasteiger partial charge on any atom is 0.00333 e. The largest absolute Gasteiger partial charge is 0.0894 e. The van der Waals surface area contributed by atoms with E-state index in [4.69, 9.17) is 0 Å². The molecule has 0 aromatic carbocycles. The summed E-state index contributed by atoms with van der Waals surface area (Å²) in [5.41, 5.74) is 0. The summed E-state index contributed by atoms with van der Waals surface area (Å²) in [4.78, 5) is 0. The second kappa shape index (κ2) is 6.08. The molecule has 0 heterocycles. The molecular weight excluding hydrogens is 207 g/mol. The van der Waals surface area contributed by atoms with Crippen molar-refractivity contribution in [2.24, 2.45) is 0 Å². The molecule has 0 aromatic heterocycles. The summed E-state index contributed by atoms with van der Waals surface area (Å²) in [5.74, 6) is 1.32. The van der Waals surface area contributed by atoms with E-state index in [0.29, 0.717) is 0 Å². The molecule has 0 nitrogen and oxygen atoms in total. The van der Waals surface area contributed by atoms with Crippen LogP contribution in [0.2, 0.25) is 0 Å². The molecule has 0 aliphatic heterocycles. The molecule has 0 rings (SSSR count). The molecule has 0 saturated carbocycles. The lowest BCUT2D eigenvalue weighted by Gasteiger charge is -1.84. The first kappa shape index (κ1) is 7.08. The Hall–Kier alpha value is 1.08. The maximum absolute atomic E-state index is 2.33. The fraction of sp³-hybridized carbons (Fsp3) is 1.00. The van der Waals surface area contributed by atoms with Crippen molar-refractivity contribution in [2.45, 2.75) is 19.8 Å². The van der Waals surface area contributed by atoms with E-state index in [1.807, 2.05) is 8.93 Å². The third-order valence-electron chi connectivity index (χ3n) is 0.575. The predicted octanol–water partition coefficient (Wildman–Crippen LogP) is 2.87. The summed E-state index contributed by atoms with van der Waals surface area (Å²) in [6.45, 7) is 2.22. The zero-order chi connectivity index (χ0) is 4.83. The van der Waals surface area contributed by atoms with Gasteiger partial charge in [-0.15, -0.1) is 0 Å². The number of hydrogen-bond donors (Lipinski definition) is 0. The van der Waals surface area contributed by atoms with Crippen molar-refractivity contribution in [3.8, 4) is 0 Å². The van der Waals surface area contributed by atoms with Gasteiger partial charge in [0, 0.05) is 5.75 Å². The average molecular weight is 216 g/mol. The third-order valence-corrected chi connectivity index (χ3v) is 2.34. The van der Waals surface area contributed by atoms with Crippen LogP contribution in [0, 0.1) is 0 Å². The summed E-state index contributed by atoms with van der Waals surface area (Å²) in [6, 6.07) is 0. The van der Waals surface area contributed by atoms with Crippen LogP contribution in [0.5, 0.6) is 0 Å². The zero-order valence-corrected chi connectivity index (χ0v) is 6.88. The van der Waals surface area contributed by atoms with E-state index in [-0.39, 0.29) is 0 Å². The Balaban J connectivity index is 2.34. The van der Waals surface area contributed by atoms with E-state index in [1.54, 1.807) is 0 Å². The van der Waals surface area contributed by atoms with Crippen molar-refractivity contribution in [3.63, 3.8) is 0 Å². The van der Waals surface area contributed by atoms with Gasteiger partial charge in [0.15, 0.2) is 0 Å². The first-order valence-electron chi connectivity index (χ1n) is 2.15. The van der Waals surface area contributed by atoms with Gasteiger partial charge in [0.2, 0.25) is 0 Å². The topological polar surface area (TPSA) is 0 Å². The molecule has 0 saturated heterocycles. The number of rotatable bonds is 3. The Labute approximate surface area is 55.7 Å². The quantitative estimate of drug-likeness (QED) is 0.516. The highest BCUT2D eigenvalue weighted by atomic mass is 127. The van der Waals surface area contributed by atoms with Crippen LogP contribution in [0.25, 0.3) is 0 Å². The van der Waals surface area contributed by atoms with Crippen molar-refractivity contribution in [1.82, 2.24) is 0 Å². The molecule has 0 radical (unpaired) electrons. The van der Waals surface area contributed by atoms with Crippen molar-refractivity contribution >= 4 is 30.1 Å². The second-order valence-electron chi connectivity index (χ2n) is 1.17. The molecule has 0 atom stereocenters. The minimum Gasteiger partial charge on any atom is -0.0894 e. The van der Waals surface area contributed by atoms with Crippen LogP contribution in [0.1, 0.15) is 19.8 Å². The highest BCUT2D eigenvalue weighted by Gasteiger charge is 1.77. The van der Waals surface area contributed by atoms with Gasteiger partial charge in [0.25, 0.3) is 0 Å². The molecule has 2 heteroatoms. The Bertz CT molecular complexity index is 19.5. The van der Waals surface area contributed by atoms with E-state index in [0.717, 1.165) is 0 Å². The van der Waals surface area contributed by atoms with Gasteiger partial charge in [-0.2, -0.15) is 0 Å². The summed E-state index contributed by atoms with van der Waals surface area (Å²) in [6.07, 6.45) is 2.70. The second-order valence-corrected chi connectivity index (χ2v) is 3.66. The number of unbranched alkanes of at least 4 members (excludes halogenated alkanes) is 1. The standard InChI is InChI=1S/C4H9IS/c1-2-3-4-6-5/h2-4H2,1H3. The molecule has 0 fully saturated rings. The average Bonchev–Trinajstić information content (AvgIpc) is 1.61. The predicted molar refractivity (Wildman–Crippen MR) is 41.4 cm³/mol. The highest BCUT2D eigenvalue weighted by Crippen LogP contribution is 2.12. The molecule has 0 aromatic rings. The SMILES string of the molecule is CCCCSI. The molecule has 0 bridgehead atoms. The van der Waals surface area contributed by atoms with Gasteiger partial charge in [0.05, 0.1) is 0 Å². The van der Waals surface area contributed by atoms with Crippen LogP contribution >= 0.6 is 30.1 Å². The van der Waals surface area contributed by atoms with Crippen LogP contribution in [-0.2, 0) is 0 Å². The summed E-state index contributed by atoms with van der Waals surface area (Å²) < 4.78 is 0. The Morgan fingerprint density at radius 1 is 1.67 bits per heavy atom. The monoisotopic (exact) mass is 216 g/mol. The van der Waals surface area contributed by atoms with E-state index in [9.17, 15) is 0 Å². The van der Waals surface area contributed by atoms with Gasteiger partial charge in [-0.3, -0.25) is 0 Å². The third kappa shape index (κ3) is 5.08. The smallest absolute Gasteiger partial charge is 0.00333 e. The van der Waals surface area contributed by atoms with Crippen LogP contribution in [-0.4, -0.2) is 5.75 Å². The van der Waals surface area contributed by atoms with E-state index < -0.39 is 0 Å². The fourth-order valence-electron chi connectivity index (χ4n) is 0.199. The molecule has 0 amide bonds. The molecule has 0 N–H and O–H groups in total. The lowest BCUT2D eigenvalue weighted by atomic mass is 10.4. The van der Waals surface area contributed by atoms with E-state index in [2.05, 4.69) is 28.1 Å². The van der Waals surface area contributed by atoms with Gasteiger partial charge in [0.1, 0.15) is 0 Å². The first-order valence-corrected chi connectivity index (χ1v) is 5.68. The summed E-state index contributed by atoms with van der Waals surface area (Å²) in [7, 11) is 1.90. The van der Waals surface area contributed by atoms with Gasteiger partial charge in [-0.25, -0.2) is 0 Å². The van der Waals surface area contributed by atoms with Crippen molar-refractivity contribution in [1.29, 1.82) is 0 Å². The first-order chi connectivity index (χ1) is 2.91. The number of hydrogen-bond acceptors (Lipinski definition) is 1. The van der Waals surface area contributed by atoms with Gasteiger partial charge >= 0.3 is 0 Å². The van der Waals surface area contributed by atoms with Crippen LogP contribution in [0.4, 0.5) is 0 Å². The van der Waals surface area contributed by atoms with Crippen LogP contribution < -0.4 is 0 Å². The minimum atomic E-state index is 1.32. The zero-order valence-electron chi connectivity index (χ0n) is 3.91. The maximum atomic E-state index is 2.33. The van der Waals surface area contributed by atoms with Crippen molar-refractivity contribution < 1.29 is 0 Å². The number of halogens is 1. The molecule has 0 spiro atoms.